The van der Waals surface area contributed by atoms with Crippen LogP contribution in [0.1, 0.15) is 38.9 Å². The fourth-order valence-electron chi connectivity index (χ4n) is 3.03. The van der Waals surface area contributed by atoms with E-state index in [2.05, 4.69) is 48.0 Å². The fraction of sp³-hybridized carbons (Fsp3) is 0.533. The van der Waals surface area contributed by atoms with Crippen molar-refractivity contribution in [1.29, 1.82) is 0 Å². The van der Waals surface area contributed by atoms with E-state index in [9.17, 15) is 0 Å². The Kier molecular flexibility index (Phi) is 2.86. The van der Waals surface area contributed by atoms with E-state index >= 15 is 0 Å². The summed E-state index contributed by atoms with van der Waals surface area (Å²) in [5.41, 5.74) is 2.44. The number of para-hydroxylation sites is 2. The summed E-state index contributed by atoms with van der Waals surface area (Å²) in [6.45, 7) is 6.66. The minimum Gasteiger partial charge on any atom is -0.326 e. The van der Waals surface area contributed by atoms with Crippen LogP contribution in [0.25, 0.3) is 11.0 Å². The van der Waals surface area contributed by atoms with Gasteiger partial charge in [0, 0.05) is 6.54 Å². The number of nitrogens with zero attached hydrogens (tertiary/aromatic N) is 2. The summed E-state index contributed by atoms with van der Waals surface area (Å²) >= 11 is 0. The van der Waals surface area contributed by atoms with Gasteiger partial charge in [0.15, 0.2) is 0 Å². The second-order valence-electron chi connectivity index (χ2n) is 5.44. The number of fused-ring (bicyclic) bond motifs is 1. The van der Waals surface area contributed by atoms with Crippen LogP contribution >= 0.6 is 0 Å². The molecule has 1 aromatic heterocycles. The van der Waals surface area contributed by atoms with Gasteiger partial charge in [0.1, 0.15) is 5.82 Å². The third-order valence-corrected chi connectivity index (χ3v) is 3.96. The molecule has 96 valence electrons. The maximum absolute atomic E-state index is 4.89. The van der Waals surface area contributed by atoms with Crippen LogP contribution in [0.4, 0.5) is 0 Å². The van der Waals surface area contributed by atoms with E-state index in [0.29, 0.717) is 0 Å². The monoisotopic (exact) mass is 243 g/mol. The normalized spacial score (nSPS) is 23.9. The molecule has 0 amide bonds. The smallest absolute Gasteiger partial charge is 0.129 e. The Hall–Kier alpha value is -1.35. The van der Waals surface area contributed by atoms with E-state index in [1.165, 1.54) is 24.2 Å². The van der Waals surface area contributed by atoms with Crippen LogP contribution in [-0.2, 0) is 12.1 Å². The Bertz CT molecular complexity index is 550. The van der Waals surface area contributed by atoms with E-state index in [4.69, 9.17) is 4.98 Å². The van der Waals surface area contributed by atoms with Gasteiger partial charge in [-0.15, -0.1) is 0 Å². The zero-order valence-electron chi connectivity index (χ0n) is 11.2. The lowest BCUT2D eigenvalue weighted by molar-refractivity contribution is 0.388. The van der Waals surface area contributed by atoms with Crippen molar-refractivity contribution in [2.24, 2.45) is 0 Å². The summed E-state index contributed by atoms with van der Waals surface area (Å²) in [5, 5.41) is 3.63. The highest BCUT2D eigenvalue weighted by atomic mass is 15.2. The van der Waals surface area contributed by atoms with Gasteiger partial charge < -0.3 is 9.88 Å². The molecule has 1 aliphatic heterocycles. The summed E-state index contributed by atoms with van der Waals surface area (Å²) in [6, 6.07) is 8.47. The molecule has 1 unspecified atom stereocenters. The summed E-state index contributed by atoms with van der Waals surface area (Å²) in [6.07, 6.45) is 3.56. The second-order valence-corrected chi connectivity index (χ2v) is 5.44. The van der Waals surface area contributed by atoms with Crippen LogP contribution in [0, 0.1) is 0 Å². The van der Waals surface area contributed by atoms with Crippen LogP contribution in [0.2, 0.25) is 0 Å². The Balaban J connectivity index is 2.18. The third-order valence-electron chi connectivity index (χ3n) is 3.96. The topological polar surface area (TPSA) is 29.9 Å². The minimum atomic E-state index is 0.0498. The van der Waals surface area contributed by atoms with E-state index in [0.717, 1.165) is 25.0 Å². The number of nitrogens with one attached hydrogen (secondary N) is 1. The number of benzene rings is 1. The largest absolute Gasteiger partial charge is 0.326 e. The molecule has 3 nitrogen and oxygen atoms in total. The van der Waals surface area contributed by atoms with Gasteiger partial charge in [0.05, 0.1) is 16.6 Å². The molecule has 0 aliphatic carbocycles. The van der Waals surface area contributed by atoms with Crippen LogP contribution in [-0.4, -0.2) is 16.1 Å². The molecule has 0 bridgehead atoms. The van der Waals surface area contributed by atoms with Crippen molar-refractivity contribution < 1.29 is 0 Å². The molecule has 2 heterocycles. The van der Waals surface area contributed by atoms with Crippen molar-refractivity contribution in [2.45, 2.75) is 45.2 Å². The van der Waals surface area contributed by atoms with Gasteiger partial charge in [-0.1, -0.05) is 19.1 Å². The van der Waals surface area contributed by atoms with E-state index in [-0.39, 0.29) is 5.54 Å². The predicted octanol–water partition coefficient (Wildman–Crippen LogP) is 3.04. The highest BCUT2D eigenvalue weighted by Crippen LogP contribution is 2.32. The van der Waals surface area contributed by atoms with Crippen LogP contribution in [0.3, 0.4) is 0 Å². The Morgan fingerprint density at radius 2 is 2.22 bits per heavy atom. The summed E-state index contributed by atoms with van der Waals surface area (Å²) in [5.74, 6) is 1.21. The first-order valence-electron chi connectivity index (χ1n) is 6.95. The van der Waals surface area contributed by atoms with Gasteiger partial charge in [-0.3, -0.25) is 0 Å². The molecule has 0 radical (unpaired) electrons. The average molecular weight is 243 g/mol. The standard InChI is InChI=1S/C15H21N3/c1-3-11-18-13-8-5-4-7-12(13)17-14(18)15(2)9-6-10-16-15/h4-5,7-8,16H,3,6,9-11H2,1-2H3. The lowest BCUT2D eigenvalue weighted by Crippen LogP contribution is -2.36. The Morgan fingerprint density at radius 1 is 1.39 bits per heavy atom. The Morgan fingerprint density at radius 3 is 2.94 bits per heavy atom. The van der Waals surface area contributed by atoms with Crippen LogP contribution < -0.4 is 5.32 Å². The average Bonchev–Trinajstić information content (AvgIpc) is 2.96. The van der Waals surface area contributed by atoms with Gasteiger partial charge in [0.25, 0.3) is 0 Å². The lowest BCUT2D eigenvalue weighted by atomic mass is 9.99. The van der Waals surface area contributed by atoms with Crippen molar-refractivity contribution in [3.8, 4) is 0 Å². The van der Waals surface area contributed by atoms with E-state index in [1.807, 2.05) is 0 Å². The third kappa shape index (κ3) is 1.74. The van der Waals surface area contributed by atoms with Crippen molar-refractivity contribution in [3.05, 3.63) is 30.1 Å². The molecule has 1 fully saturated rings. The van der Waals surface area contributed by atoms with Gasteiger partial charge in [-0.25, -0.2) is 4.98 Å². The van der Waals surface area contributed by atoms with Crippen LogP contribution in [0.15, 0.2) is 24.3 Å². The number of imidazole rings is 1. The highest BCUT2D eigenvalue weighted by molar-refractivity contribution is 5.76. The first kappa shape index (κ1) is 11.7. The van der Waals surface area contributed by atoms with Crippen molar-refractivity contribution in [1.82, 2.24) is 14.9 Å². The van der Waals surface area contributed by atoms with Gasteiger partial charge in [-0.2, -0.15) is 0 Å². The van der Waals surface area contributed by atoms with E-state index in [1.54, 1.807) is 0 Å². The summed E-state index contributed by atoms with van der Waals surface area (Å²) in [4.78, 5) is 4.89. The van der Waals surface area contributed by atoms with E-state index < -0.39 is 0 Å². The predicted molar refractivity (Wildman–Crippen MR) is 74.6 cm³/mol. The Labute approximate surface area is 108 Å². The molecule has 3 heteroatoms. The molecular weight excluding hydrogens is 222 g/mol. The molecule has 0 saturated carbocycles. The maximum atomic E-state index is 4.89. The quantitative estimate of drug-likeness (QED) is 0.898. The number of aromatic nitrogens is 2. The SMILES string of the molecule is CCCn1c(C2(C)CCCN2)nc2ccccc21. The number of aryl methyl sites for hydroxylation is 1. The van der Waals surface area contributed by atoms with Crippen LogP contribution in [0.5, 0.6) is 0 Å². The van der Waals surface area contributed by atoms with Crippen molar-refractivity contribution in [3.63, 3.8) is 0 Å². The molecule has 1 aliphatic rings. The summed E-state index contributed by atoms with van der Waals surface area (Å²) < 4.78 is 2.40. The number of hydrogen-bond donors (Lipinski definition) is 1. The molecular formula is C15H21N3. The fourth-order valence-corrected chi connectivity index (χ4v) is 3.03. The van der Waals surface area contributed by atoms with Gasteiger partial charge in [0.2, 0.25) is 0 Å². The zero-order valence-corrected chi connectivity index (χ0v) is 11.2. The molecule has 1 aromatic carbocycles. The lowest BCUT2D eigenvalue weighted by Gasteiger charge is -2.25. The second kappa shape index (κ2) is 4.39. The maximum Gasteiger partial charge on any atom is 0.129 e. The highest BCUT2D eigenvalue weighted by Gasteiger charge is 2.34. The molecule has 1 saturated heterocycles. The first-order chi connectivity index (χ1) is 8.74. The van der Waals surface area contributed by atoms with Gasteiger partial charge >= 0.3 is 0 Å². The first-order valence-corrected chi connectivity index (χ1v) is 6.95. The molecule has 3 rings (SSSR count). The molecule has 1 atom stereocenters. The molecule has 18 heavy (non-hydrogen) atoms. The zero-order chi connectivity index (χ0) is 12.6. The number of hydrogen-bond acceptors (Lipinski definition) is 2. The van der Waals surface area contributed by atoms with Gasteiger partial charge in [-0.05, 0) is 44.9 Å². The summed E-state index contributed by atoms with van der Waals surface area (Å²) in [7, 11) is 0. The number of rotatable bonds is 3. The van der Waals surface area contributed by atoms with Crippen molar-refractivity contribution in [2.75, 3.05) is 6.54 Å². The minimum absolute atomic E-state index is 0.0498. The molecule has 0 spiro atoms. The molecule has 1 N–H and O–H groups in total. The molecule has 2 aromatic rings. The van der Waals surface area contributed by atoms with Crippen molar-refractivity contribution >= 4 is 11.0 Å².